The number of carbonyl (C=O) groups excluding carboxylic acids is 1. The lowest BCUT2D eigenvalue weighted by atomic mass is 9.98. The Morgan fingerprint density at radius 2 is 1.65 bits per heavy atom. The molecule has 40 heavy (non-hydrogen) atoms. The number of carbonyl (C=O) groups is 1. The minimum absolute atomic E-state index is 0.0692. The molecule has 0 saturated carbocycles. The summed E-state index contributed by atoms with van der Waals surface area (Å²) in [4.78, 5) is 14.9. The molecule has 0 fully saturated rings. The van der Waals surface area contributed by atoms with Gasteiger partial charge in [-0.05, 0) is 56.2 Å². The summed E-state index contributed by atoms with van der Waals surface area (Å²) < 4.78 is 78.9. The van der Waals surface area contributed by atoms with Crippen molar-refractivity contribution < 1.29 is 40.0 Å². The van der Waals surface area contributed by atoms with Gasteiger partial charge < -0.3 is 18.6 Å². The molecule has 0 saturated heterocycles. The number of rotatable bonds is 7. The molecule has 7 nitrogen and oxygen atoms in total. The Morgan fingerprint density at radius 3 is 2.35 bits per heavy atom. The molecule has 1 aliphatic heterocycles. The number of hydrogen-bond acceptors (Lipinski definition) is 6. The second-order valence-electron chi connectivity index (χ2n) is 10.4. The molecule has 2 atom stereocenters. The fourth-order valence-electron chi connectivity index (χ4n) is 4.42. The Kier molecular flexibility index (Phi) is 8.07. The molecule has 4 rings (SSSR count). The van der Waals surface area contributed by atoms with Crippen LogP contribution in [0.25, 0.3) is 16.5 Å². The van der Waals surface area contributed by atoms with Gasteiger partial charge in [0, 0.05) is 19.0 Å². The van der Waals surface area contributed by atoms with Crippen molar-refractivity contribution in [2.45, 2.75) is 57.4 Å². The zero-order chi connectivity index (χ0) is 29.3. The van der Waals surface area contributed by atoms with Crippen molar-refractivity contribution >= 4 is 32.7 Å². The number of alkyl halides is 3. The summed E-state index contributed by atoms with van der Waals surface area (Å²) >= 11 is 0. The third kappa shape index (κ3) is 6.52. The summed E-state index contributed by atoms with van der Waals surface area (Å²) in [6.45, 7) is 7.20. The van der Waals surface area contributed by atoms with E-state index < -0.39 is 45.2 Å². The van der Waals surface area contributed by atoms with Crippen LogP contribution in [-0.2, 0) is 19.0 Å². The number of halogens is 3. The minimum Gasteiger partial charge on any atom is -0.485 e. The second-order valence-corrected chi connectivity index (χ2v) is 11.9. The molecular formula is C29H30F3NO6S. The zero-order valence-corrected chi connectivity index (χ0v) is 23.3. The van der Waals surface area contributed by atoms with Gasteiger partial charge in [-0.1, -0.05) is 54.6 Å². The summed E-state index contributed by atoms with van der Waals surface area (Å²) in [5.74, 6) is -0.330. The normalized spacial score (nSPS) is 16.4. The van der Waals surface area contributed by atoms with Crippen LogP contribution in [0.4, 0.5) is 18.0 Å². The maximum atomic E-state index is 13.4. The fraction of sp³-hybridized carbons (Fsp3) is 0.345. The number of fused-ring (bicyclic) bond motifs is 2. The molecule has 0 spiro atoms. The number of ether oxygens (including phenoxy) is 2. The van der Waals surface area contributed by atoms with Crippen LogP contribution in [-0.4, -0.2) is 43.2 Å². The Balaban J connectivity index is 1.64. The van der Waals surface area contributed by atoms with E-state index in [-0.39, 0.29) is 24.3 Å². The Bertz CT molecular complexity index is 1520. The third-order valence-electron chi connectivity index (χ3n) is 6.27. The van der Waals surface area contributed by atoms with E-state index in [0.717, 1.165) is 16.3 Å². The van der Waals surface area contributed by atoms with E-state index in [4.69, 9.17) is 9.47 Å². The van der Waals surface area contributed by atoms with E-state index in [1.165, 1.54) is 29.2 Å². The molecule has 214 valence electrons. The van der Waals surface area contributed by atoms with E-state index >= 15 is 0 Å². The molecule has 0 radical (unpaired) electrons. The monoisotopic (exact) mass is 577 g/mol. The van der Waals surface area contributed by atoms with E-state index in [1.807, 2.05) is 49.4 Å². The highest BCUT2D eigenvalue weighted by Crippen LogP contribution is 2.38. The molecule has 0 N–H and O–H groups in total. The Labute approximate surface area is 231 Å². The zero-order valence-electron chi connectivity index (χ0n) is 22.4. The van der Waals surface area contributed by atoms with Gasteiger partial charge in [0.15, 0.2) is 5.76 Å². The van der Waals surface area contributed by atoms with Gasteiger partial charge in [0.2, 0.25) is 0 Å². The summed E-state index contributed by atoms with van der Waals surface area (Å²) in [6.07, 6.45) is -0.175. The van der Waals surface area contributed by atoms with Crippen molar-refractivity contribution in [3.8, 4) is 5.75 Å². The molecule has 1 aliphatic rings. The second kappa shape index (κ2) is 11.0. The van der Waals surface area contributed by atoms with Crippen molar-refractivity contribution in [2.75, 3.05) is 6.54 Å². The van der Waals surface area contributed by atoms with Gasteiger partial charge in [-0.3, -0.25) is 0 Å². The molecular weight excluding hydrogens is 547 g/mol. The highest BCUT2D eigenvalue weighted by molar-refractivity contribution is 7.87. The lowest BCUT2D eigenvalue weighted by Crippen LogP contribution is -2.40. The smallest absolute Gasteiger partial charge is 0.485 e. The van der Waals surface area contributed by atoms with Crippen molar-refractivity contribution in [1.82, 2.24) is 4.90 Å². The first-order valence-corrected chi connectivity index (χ1v) is 14.0. The molecule has 0 bridgehead atoms. The van der Waals surface area contributed by atoms with Gasteiger partial charge in [-0.15, -0.1) is 0 Å². The quantitative estimate of drug-likeness (QED) is 0.218. The van der Waals surface area contributed by atoms with Crippen LogP contribution < -0.4 is 4.74 Å². The van der Waals surface area contributed by atoms with Crippen LogP contribution in [0.3, 0.4) is 0 Å². The summed E-state index contributed by atoms with van der Waals surface area (Å²) in [7, 11) is -5.91. The first-order valence-electron chi connectivity index (χ1n) is 12.6. The Hall–Kier alpha value is -3.73. The van der Waals surface area contributed by atoms with Gasteiger partial charge >= 0.3 is 21.7 Å². The standard InChI is InChI=1S/C29H30F3NO6S/c1-19(22-14-9-11-20-10-5-6-12-23(20)22)33(27(34)38-28(2,3)4)17-16-21-18-26(39-40(35,36)29(30,31)32)24-13-7-8-15-25(24)37-21/h5-15,18-19,21H,16-17H2,1-4H3/t19-,21?/m1/s1. The summed E-state index contributed by atoms with van der Waals surface area (Å²) in [6, 6.07) is 19.1. The maximum absolute atomic E-state index is 13.4. The van der Waals surface area contributed by atoms with Gasteiger partial charge in [-0.25, -0.2) is 4.79 Å². The lowest BCUT2D eigenvalue weighted by molar-refractivity contribution is -0.0510. The molecule has 1 unspecified atom stereocenters. The van der Waals surface area contributed by atoms with Crippen LogP contribution in [0.2, 0.25) is 0 Å². The van der Waals surface area contributed by atoms with Crippen LogP contribution in [0.15, 0.2) is 72.8 Å². The first-order chi connectivity index (χ1) is 18.7. The van der Waals surface area contributed by atoms with Crippen LogP contribution >= 0.6 is 0 Å². The molecule has 3 aromatic carbocycles. The number of hydrogen-bond donors (Lipinski definition) is 0. The highest BCUT2D eigenvalue weighted by atomic mass is 32.2. The predicted octanol–water partition coefficient (Wildman–Crippen LogP) is 7.20. The van der Waals surface area contributed by atoms with Crippen LogP contribution in [0, 0.1) is 0 Å². The summed E-state index contributed by atoms with van der Waals surface area (Å²) in [5.41, 5.74) is -5.42. The van der Waals surface area contributed by atoms with E-state index in [2.05, 4.69) is 4.18 Å². The van der Waals surface area contributed by atoms with E-state index in [9.17, 15) is 26.4 Å². The van der Waals surface area contributed by atoms with Gasteiger partial charge in [0.25, 0.3) is 0 Å². The average molecular weight is 578 g/mol. The maximum Gasteiger partial charge on any atom is 0.534 e. The van der Waals surface area contributed by atoms with Crippen LogP contribution in [0.1, 0.15) is 51.3 Å². The largest absolute Gasteiger partial charge is 0.534 e. The van der Waals surface area contributed by atoms with Gasteiger partial charge in [0.05, 0.1) is 11.6 Å². The molecule has 11 heteroatoms. The van der Waals surface area contributed by atoms with E-state index in [0.29, 0.717) is 0 Å². The van der Waals surface area contributed by atoms with Crippen LogP contribution in [0.5, 0.6) is 5.75 Å². The molecule has 1 heterocycles. The topological polar surface area (TPSA) is 82.1 Å². The number of nitrogens with zero attached hydrogens (tertiary/aromatic N) is 1. The molecule has 3 aromatic rings. The lowest BCUT2D eigenvalue weighted by Gasteiger charge is -2.34. The van der Waals surface area contributed by atoms with Crippen molar-refractivity contribution in [3.63, 3.8) is 0 Å². The number of benzene rings is 3. The first kappa shape index (κ1) is 29.3. The van der Waals surface area contributed by atoms with Crippen molar-refractivity contribution in [3.05, 3.63) is 83.9 Å². The van der Waals surface area contributed by atoms with Crippen molar-refractivity contribution in [1.29, 1.82) is 0 Å². The predicted molar refractivity (Wildman–Crippen MR) is 145 cm³/mol. The summed E-state index contributed by atoms with van der Waals surface area (Å²) in [5, 5.41) is 1.96. The molecule has 0 aliphatic carbocycles. The van der Waals surface area contributed by atoms with E-state index in [1.54, 1.807) is 26.8 Å². The minimum atomic E-state index is -5.91. The number of amides is 1. The molecule has 0 aromatic heterocycles. The number of para-hydroxylation sites is 1. The molecule has 1 amide bonds. The average Bonchev–Trinajstić information content (AvgIpc) is 2.86. The highest BCUT2D eigenvalue weighted by Gasteiger charge is 2.49. The fourth-order valence-corrected chi connectivity index (χ4v) is 4.90. The van der Waals surface area contributed by atoms with Gasteiger partial charge in [-0.2, -0.15) is 21.6 Å². The van der Waals surface area contributed by atoms with Crippen molar-refractivity contribution in [2.24, 2.45) is 0 Å². The van der Waals surface area contributed by atoms with Gasteiger partial charge in [0.1, 0.15) is 17.5 Å². The Morgan fingerprint density at radius 1 is 1.00 bits per heavy atom. The third-order valence-corrected chi connectivity index (χ3v) is 7.24. The SMILES string of the molecule is C[C@H](c1cccc2ccccc12)N(CCC1C=C(OS(=O)(=O)C(F)(F)F)c2ccccc2O1)C(=O)OC(C)(C)C.